The summed E-state index contributed by atoms with van der Waals surface area (Å²) in [7, 11) is 0. The van der Waals surface area contributed by atoms with E-state index in [0.29, 0.717) is 6.54 Å². The quantitative estimate of drug-likeness (QED) is 0.936. The molecule has 1 atom stereocenters. The monoisotopic (exact) mass is 280 g/mol. The molecule has 1 aromatic carbocycles. The third-order valence-electron chi connectivity index (χ3n) is 3.75. The van der Waals surface area contributed by atoms with E-state index in [1.807, 2.05) is 23.2 Å². The normalized spacial score (nSPS) is 17.9. The topological polar surface area (TPSA) is 54.5 Å². The molecule has 1 unspecified atom stereocenters. The number of aromatic nitrogens is 1. The molecule has 3 rings (SSSR count). The molecule has 0 saturated heterocycles. The lowest BCUT2D eigenvalue weighted by Gasteiger charge is -2.23. The minimum Gasteiger partial charge on any atom is -0.330 e. The molecule has 1 aliphatic heterocycles. The molecular weight excluding hydrogens is 260 g/mol. The Morgan fingerprint density at radius 1 is 1.19 bits per heavy atom. The van der Waals surface area contributed by atoms with Crippen LogP contribution in [0, 0.1) is 6.92 Å². The Hall–Kier alpha value is -2.20. The second-order valence-electron chi connectivity index (χ2n) is 5.37. The van der Waals surface area contributed by atoms with E-state index in [1.165, 1.54) is 11.1 Å². The van der Waals surface area contributed by atoms with E-state index in [1.54, 1.807) is 6.20 Å². The highest BCUT2D eigenvalue weighted by atomic mass is 15.5. The number of aryl methyl sites for hydroxylation is 1. The van der Waals surface area contributed by atoms with Gasteiger partial charge in [0.15, 0.2) is 0 Å². The number of nitrogens with two attached hydrogens (primary N) is 1. The lowest BCUT2D eigenvalue weighted by Crippen LogP contribution is -2.19. The molecule has 0 fully saturated rings. The van der Waals surface area contributed by atoms with Gasteiger partial charge in [-0.2, -0.15) is 5.10 Å². The van der Waals surface area contributed by atoms with Gasteiger partial charge in [-0.05, 0) is 37.6 Å². The van der Waals surface area contributed by atoms with Crippen LogP contribution in [-0.4, -0.2) is 17.2 Å². The Labute approximate surface area is 125 Å². The lowest BCUT2D eigenvalue weighted by atomic mass is 9.99. The Balaban J connectivity index is 1.93. The zero-order valence-corrected chi connectivity index (χ0v) is 12.2. The summed E-state index contributed by atoms with van der Waals surface area (Å²) in [5, 5.41) is 6.76. The maximum atomic E-state index is 5.68. The maximum Gasteiger partial charge on any atom is 0.149 e. The number of nitrogens with zero attached hydrogens (tertiary/aromatic N) is 3. The van der Waals surface area contributed by atoms with Crippen molar-refractivity contribution in [2.45, 2.75) is 25.8 Å². The number of hydrogen-bond donors (Lipinski definition) is 1. The minimum absolute atomic E-state index is 0.210. The number of anilines is 1. The maximum absolute atomic E-state index is 5.68. The van der Waals surface area contributed by atoms with Gasteiger partial charge in [-0.15, -0.1) is 0 Å². The molecule has 2 N–H and O–H groups in total. The molecule has 4 heteroatoms. The van der Waals surface area contributed by atoms with E-state index in [0.717, 1.165) is 24.4 Å². The first-order valence-corrected chi connectivity index (χ1v) is 7.31. The van der Waals surface area contributed by atoms with Gasteiger partial charge in [0, 0.05) is 18.3 Å². The van der Waals surface area contributed by atoms with Crippen LogP contribution in [0.4, 0.5) is 5.82 Å². The Morgan fingerprint density at radius 2 is 2.00 bits per heavy atom. The molecule has 2 heterocycles. The summed E-state index contributed by atoms with van der Waals surface area (Å²) in [4.78, 5) is 4.44. The van der Waals surface area contributed by atoms with E-state index in [2.05, 4.69) is 36.2 Å². The zero-order chi connectivity index (χ0) is 14.7. The van der Waals surface area contributed by atoms with Crippen molar-refractivity contribution in [1.82, 2.24) is 4.98 Å². The van der Waals surface area contributed by atoms with Crippen LogP contribution in [0.25, 0.3) is 0 Å². The predicted molar refractivity (Wildman–Crippen MR) is 86.4 cm³/mol. The number of pyridine rings is 1. The standard InChI is InChI=1S/C17H20N4/c1-13-5-7-14(8-6-13)16-12-15(9-10-18)20-21(16)17-4-2-3-11-19-17/h2-8,11,16H,9-10,12,18H2,1H3. The molecular formula is C17H20N4. The van der Waals surface area contributed by atoms with E-state index in [4.69, 9.17) is 10.8 Å². The second-order valence-corrected chi connectivity index (χ2v) is 5.37. The number of benzene rings is 1. The fourth-order valence-electron chi connectivity index (χ4n) is 2.64. The molecule has 1 aliphatic rings. The molecule has 0 saturated carbocycles. The van der Waals surface area contributed by atoms with Crippen molar-refractivity contribution >= 4 is 11.5 Å². The molecule has 108 valence electrons. The summed E-state index contributed by atoms with van der Waals surface area (Å²) >= 11 is 0. The van der Waals surface area contributed by atoms with Crippen molar-refractivity contribution in [3.8, 4) is 0 Å². The van der Waals surface area contributed by atoms with Crippen LogP contribution in [0.1, 0.15) is 30.0 Å². The molecule has 21 heavy (non-hydrogen) atoms. The first-order chi connectivity index (χ1) is 10.3. The zero-order valence-electron chi connectivity index (χ0n) is 12.2. The number of hydrazone groups is 1. The van der Waals surface area contributed by atoms with Gasteiger partial charge in [0.05, 0.1) is 6.04 Å². The molecule has 4 nitrogen and oxygen atoms in total. The van der Waals surface area contributed by atoms with Gasteiger partial charge in [-0.25, -0.2) is 9.99 Å². The molecule has 0 aliphatic carbocycles. The Kier molecular flexibility index (Phi) is 3.97. The molecule has 0 spiro atoms. The fraction of sp³-hybridized carbons (Fsp3) is 0.294. The van der Waals surface area contributed by atoms with E-state index in [9.17, 15) is 0 Å². The highest BCUT2D eigenvalue weighted by molar-refractivity contribution is 5.88. The van der Waals surface area contributed by atoms with Gasteiger partial charge >= 0.3 is 0 Å². The highest BCUT2D eigenvalue weighted by Crippen LogP contribution is 2.34. The first kappa shape index (κ1) is 13.8. The largest absolute Gasteiger partial charge is 0.330 e. The van der Waals surface area contributed by atoms with Gasteiger partial charge in [0.25, 0.3) is 0 Å². The fourth-order valence-corrected chi connectivity index (χ4v) is 2.64. The van der Waals surface area contributed by atoms with Crippen LogP contribution >= 0.6 is 0 Å². The number of rotatable bonds is 4. The van der Waals surface area contributed by atoms with Gasteiger partial charge < -0.3 is 5.73 Å². The Morgan fingerprint density at radius 3 is 2.67 bits per heavy atom. The molecule has 0 radical (unpaired) electrons. The van der Waals surface area contributed by atoms with Crippen molar-refractivity contribution in [1.29, 1.82) is 0 Å². The van der Waals surface area contributed by atoms with Crippen LogP contribution in [0.2, 0.25) is 0 Å². The van der Waals surface area contributed by atoms with E-state index in [-0.39, 0.29) is 6.04 Å². The molecule has 0 amide bonds. The van der Waals surface area contributed by atoms with E-state index >= 15 is 0 Å². The average Bonchev–Trinajstić information content (AvgIpc) is 2.93. The minimum atomic E-state index is 0.210. The lowest BCUT2D eigenvalue weighted by molar-refractivity contribution is 0.697. The van der Waals surface area contributed by atoms with Crippen LogP contribution < -0.4 is 10.7 Å². The van der Waals surface area contributed by atoms with Crippen molar-refractivity contribution in [2.75, 3.05) is 11.6 Å². The van der Waals surface area contributed by atoms with Crippen molar-refractivity contribution in [3.63, 3.8) is 0 Å². The van der Waals surface area contributed by atoms with Crippen LogP contribution in [-0.2, 0) is 0 Å². The van der Waals surface area contributed by atoms with Gasteiger partial charge in [-0.3, -0.25) is 0 Å². The summed E-state index contributed by atoms with van der Waals surface area (Å²) in [6.07, 6.45) is 3.56. The van der Waals surface area contributed by atoms with Crippen molar-refractivity contribution in [3.05, 3.63) is 59.8 Å². The van der Waals surface area contributed by atoms with Crippen molar-refractivity contribution in [2.24, 2.45) is 10.8 Å². The van der Waals surface area contributed by atoms with Gasteiger partial charge in [0.2, 0.25) is 0 Å². The summed E-state index contributed by atoms with van der Waals surface area (Å²) < 4.78 is 0. The van der Waals surface area contributed by atoms with Crippen LogP contribution in [0.3, 0.4) is 0 Å². The predicted octanol–water partition coefficient (Wildman–Crippen LogP) is 3.05. The summed E-state index contributed by atoms with van der Waals surface area (Å²) in [6, 6.07) is 14.8. The third-order valence-corrected chi connectivity index (χ3v) is 3.75. The second kappa shape index (κ2) is 6.06. The third kappa shape index (κ3) is 2.95. The van der Waals surface area contributed by atoms with Crippen LogP contribution in [0.5, 0.6) is 0 Å². The molecule has 0 bridgehead atoms. The SMILES string of the molecule is Cc1ccc(C2CC(CCN)=NN2c2ccccn2)cc1. The molecule has 2 aromatic rings. The van der Waals surface area contributed by atoms with E-state index < -0.39 is 0 Å². The number of hydrogen-bond acceptors (Lipinski definition) is 4. The molecule has 1 aromatic heterocycles. The summed E-state index contributed by atoms with van der Waals surface area (Å²) in [6.45, 7) is 2.74. The van der Waals surface area contributed by atoms with Crippen LogP contribution in [0.15, 0.2) is 53.8 Å². The van der Waals surface area contributed by atoms with Crippen molar-refractivity contribution < 1.29 is 0 Å². The Bertz CT molecular complexity index is 619. The average molecular weight is 280 g/mol. The van der Waals surface area contributed by atoms with Gasteiger partial charge in [0.1, 0.15) is 5.82 Å². The van der Waals surface area contributed by atoms with Gasteiger partial charge in [-0.1, -0.05) is 35.9 Å². The first-order valence-electron chi connectivity index (χ1n) is 7.31. The smallest absolute Gasteiger partial charge is 0.149 e. The summed E-state index contributed by atoms with van der Waals surface area (Å²) in [5.41, 5.74) is 9.36. The highest BCUT2D eigenvalue weighted by Gasteiger charge is 2.29. The summed E-state index contributed by atoms with van der Waals surface area (Å²) in [5.74, 6) is 0.884.